The number of benzene rings is 2. The zero-order chi connectivity index (χ0) is 18.4. The first-order valence-electron chi connectivity index (χ1n) is 8.73. The number of hydrogen-bond donors (Lipinski definition) is 0. The van der Waals surface area contributed by atoms with Crippen molar-refractivity contribution < 1.29 is 23.5 Å². The Morgan fingerprint density at radius 2 is 1.54 bits per heavy atom. The molecular weight excluding hydrogens is 335 g/mol. The topological polar surface area (TPSA) is 52.6 Å². The molecule has 1 aliphatic rings. The standard InChI is InChI=1S/C21H21FO4/c22-18-13-17(26-21(24)16-9-5-2-6-10-16)11-12-20(18)25-14-19(23)15-7-3-1-4-8-15/h1-10,17-18,20H,11-14H2/t17-,18+,20-/m1/s1. The Kier molecular flexibility index (Phi) is 6.12. The van der Waals surface area contributed by atoms with Gasteiger partial charge >= 0.3 is 5.97 Å². The van der Waals surface area contributed by atoms with Gasteiger partial charge in [0.2, 0.25) is 0 Å². The number of Topliss-reactive ketones (excluding diaryl/α,β-unsaturated/α-hetero) is 1. The molecule has 5 heteroatoms. The monoisotopic (exact) mass is 356 g/mol. The maximum absolute atomic E-state index is 14.4. The van der Waals surface area contributed by atoms with Crippen LogP contribution in [0.5, 0.6) is 0 Å². The van der Waals surface area contributed by atoms with Gasteiger partial charge in [-0.25, -0.2) is 9.18 Å². The summed E-state index contributed by atoms with van der Waals surface area (Å²) < 4.78 is 25.3. The molecule has 0 unspecified atom stereocenters. The van der Waals surface area contributed by atoms with Crippen molar-refractivity contribution in [3.05, 3.63) is 71.8 Å². The molecule has 26 heavy (non-hydrogen) atoms. The number of carbonyl (C=O) groups excluding carboxylic acids is 2. The summed E-state index contributed by atoms with van der Waals surface area (Å²) in [5, 5.41) is 0. The van der Waals surface area contributed by atoms with Gasteiger partial charge in [0.25, 0.3) is 0 Å². The van der Waals surface area contributed by atoms with Crippen molar-refractivity contribution in [2.24, 2.45) is 0 Å². The summed E-state index contributed by atoms with van der Waals surface area (Å²) in [6.07, 6.45) is -1.36. The normalized spacial score (nSPS) is 22.6. The lowest BCUT2D eigenvalue weighted by atomic mass is 9.93. The predicted octanol–water partition coefficient (Wildman–Crippen LogP) is 4.00. The van der Waals surface area contributed by atoms with E-state index in [9.17, 15) is 14.0 Å². The highest BCUT2D eigenvalue weighted by atomic mass is 19.1. The number of ether oxygens (including phenoxy) is 2. The first-order chi connectivity index (χ1) is 12.6. The van der Waals surface area contributed by atoms with Crippen LogP contribution in [0.25, 0.3) is 0 Å². The van der Waals surface area contributed by atoms with Crippen LogP contribution in [0.4, 0.5) is 4.39 Å². The summed E-state index contributed by atoms with van der Waals surface area (Å²) in [4.78, 5) is 24.1. The van der Waals surface area contributed by atoms with E-state index in [1.54, 1.807) is 48.5 Å². The summed E-state index contributed by atoms with van der Waals surface area (Å²) in [6.45, 7) is -0.149. The maximum atomic E-state index is 14.4. The van der Waals surface area contributed by atoms with Gasteiger partial charge in [-0.3, -0.25) is 4.79 Å². The quantitative estimate of drug-likeness (QED) is 0.580. The van der Waals surface area contributed by atoms with Crippen molar-refractivity contribution in [2.45, 2.75) is 37.6 Å². The molecule has 4 nitrogen and oxygen atoms in total. The van der Waals surface area contributed by atoms with Crippen LogP contribution in [-0.2, 0) is 9.47 Å². The van der Waals surface area contributed by atoms with E-state index in [1.165, 1.54) is 0 Å². The highest BCUT2D eigenvalue weighted by Crippen LogP contribution is 2.27. The number of hydrogen-bond acceptors (Lipinski definition) is 4. The predicted molar refractivity (Wildman–Crippen MR) is 94.9 cm³/mol. The summed E-state index contributed by atoms with van der Waals surface area (Å²) >= 11 is 0. The summed E-state index contributed by atoms with van der Waals surface area (Å²) in [5.74, 6) is -0.614. The Morgan fingerprint density at radius 1 is 0.923 bits per heavy atom. The number of halogens is 1. The average molecular weight is 356 g/mol. The molecule has 136 valence electrons. The molecule has 2 aromatic carbocycles. The molecule has 0 spiro atoms. The largest absolute Gasteiger partial charge is 0.459 e. The van der Waals surface area contributed by atoms with Gasteiger partial charge in [-0.05, 0) is 25.0 Å². The van der Waals surface area contributed by atoms with Gasteiger partial charge in [0, 0.05) is 12.0 Å². The Morgan fingerprint density at radius 3 is 2.15 bits per heavy atom. The molecule has 2 aromatic rings. The van der Waals surface area contributed by atoms with Crippen molar-refractivity contribution in [1.82, 2.24) is 0 Å². The Hall–Kier alpha value is -2.53. The Bertz CT molecular complexity index is 732. The van der Waals surface area contributed by atoms with Crippen molar-refractivity contribution in [2.75, 3.05) is 6.61 Å². The van der Waals surface area contributed by atoms with Crippen LogP contribution in [0.15, 0.2) is 60.7 Å². The number of rotatable bonds is 6. The first-order valence-corrected chi connectivity index (χ1v) is 8.73. The third kappa shape index (κ3) is 4.76. The lowest BCUT2D eigenvalue weighted by molar-refractivity contribution is -0.0554. The molecule has 1 aliphatic carbocycles. The van der Waals surface area contributed by atoms with E-state index < -0.39 is 24.3 Å². The van der Waals surface area contributed by atoms with E-state index in [1.807, 2.05) is 12.1 Å². The fraction of sp³-hybridized carbons (Fsp3) is 0.333. The molecule has 0 bridgehead atoms. The summed E-state index contributed by atoms with van der Waals surface area (Å²) in [7, 11) is 0. The molecule has 0 amide bonds. The SMILES string of the molecule is O=C(CO[C@@H]1CC[C@@H](OC(=O)c2ccccc2)C[C@@H]1F)c1ccccc1. The smallest absolute Gasteiger partial charge is 0.338 e. The van der Waals surface area contributed by atoms with E-state index in [2.05, 4.69) is 0 Å². The third-order valence-electron chi connectivity index (χ3n) is 4.47. The fourth-order valence-electron chi connectivity index (χ4n) is 3.03. The maximum Gasteiger partial charge on any atom is 0.338 e. The van der Waals surface area contributed by atoms with E-state index in [4.69, 9.17) is 9.47 Å². The molecule has 3 rings (SSSR count). The molecule has 0 heterocycles. The van der Waals surface area contributed by atoms with Crippen LogP contribution < -0.4 is 0 Å². The molecule has 0 aromatic heterocycles. The van der Waals surface area contributed by atoms with Gasteiger partial charge < -0.3 is 9.47 Å². The van der Waals surface area contributed by atoms with Crippen LogP contribution in [0.3, 0.4) is 0 Å². The first kappa shape index (κ1) is 18.3. The Labute approximate surface area is 151 Å². The van der Waals surface area contributed by atoms with Crippen LogP contribution in [0, 0.1) is 0 Å². The zero-order valence-corrected chi connectivity index (χ0v) is 14.3. The second-order valence-electron chi connectivity index (χ2n) is 6.36. The highest BCUT2D eigenvalue weighted by Gasteiger charge is 2.33. The van der Waals surface area contributed by atoms with Gasteiger partial charge in [0.1, 0.15) is 18.9 Å². The molecular formula is C21H21FO4. The summed E-state index contributed by atoms with van der Waals surface area (Å²) in [6, 6.07) is 17.4. The van der Waals surface area contributed by atoms with Gasteiger partial charge in [0.05, 0.1) is 11.7 Å². The molecule has 1 fully saturated rings. The van der Waals surface area contributed by atoms with Gasteiger partial charge in [-0.2, -0.15) is 0 Å². The molecule has 0 saturated heterocycles. The molecule has 1 saturated carbocycles. The minimum Gasteiger partial charge on any atom is -0.459 e. The number of carbonyl (C=O) groups is 2. The van der Waals surface area contributed by atoms with Crippen molar-refractivity contribution in [1.29, 1.82) is 0 Å². The van der Waals surface area contributed by atoms with E-state index in [0.717, 1.165) is 0 Å². The number of alkyl halides is 1. The molecule has 3 atom stereocenters. The highest BCUT2D eigenvalue weighted by molar-refractivity contribution is 5.97. The van der Waals surface area contributed by atoms with Gasteiger partial charge in [-0.1, -0.05) is 48.5 Å². The fourth-order valence-corrected chi connectivity index (χ4v) is 3.03. The van der Waals surface area contributed by atoms with Crippen molar-refractivity contribution >= 4 is 11.8 Å². The minimum absolute atomic E-state index is 0.0861. The molecule has 0 radical (unpaired) electrons. The van der Waals surface area contributed by atoms with Crippen LogP contribution >= 0.6 is 0 Å². The third-order valence-corrected chi connectivity index (χ3v) is 4.47. The lowest BCUT2D eigenvalue weighted by Crippen LogP contribution is -2.38. The van der Waals surface area contributed by atoms with Crippen molar-refractivity contribution in [3.8, 4) is 0 Å². The molecule has 0 aliphatic heterocycles. The molecule has 0 N–H and O–H groups in total. The second-order valence-corrected chi connectivity index (χ2v) is 6.36. The Balaban J connectivity index is 1.46. The van der Waals surface area contributed by atoms with E-state index in [0.29, 0.717) is 24.0 Å². The van der Waals surface area contributed by atoms with E-state index >= 15 is 0 Å². The van der Waals surface area contributed by atoms with E-state index in [-0.39, 0.29) is 18.8 Å². The number of esters is 1. The van der Waals surface area contributed by atoms with Crippen LogP contribution in [0.1, 0.15) is 40.0 Å². The van der Waals surface area contributed by atoms with Gasteiger partial charge in [0.15, 0.2) is 5.78 Å². The lowest BCUT2D eigenvalue weighted by Gasteiger charge is -2.31. The zero-order valence-electron chi connectivity index (χ0n) is 14.3. The second kappa shape index (κ2) is 8.72. The minimum atomic E-state index is -1.26. The summed E-state index contributed by atoms with van der Waals surface area (Å²) in [5.41, 5.74) is 1.00. The van der Waals surface area contributed by atoms with Crippen molar-refractivity contribution in [3.63, 3.8) is 0 Å². The van der Waals surface area contributed by atoms with Gasteiger partial charge in [-0.15, -0.1) is 0 Å². The van der Waals surface area contributed by atoms with Crippen LogP contribution in [0.2, 0.25) is 0 Å². The number of ketones is 1. The van der Waals surface area contributed by atoms with Crippen LogP contribution in [-0.4, -0.2) is 36.7 Å². The average Bonchev–Trinajstić information content (AvgIpc) is 2.68.